The highest BCUT2D eigenvalue weighted by Crippen LogP contribution is 2.78. The fourth-order valence-electron chi connectivity index (χ4n) is 14.4. The molecule has 316 valence electrons. The monoisotopic (exact) mass is 773 g/mol. The number of aliphatic carboxylic acids is 1. The molecule has 0 aromatic heterocycles. The van der Waals surface area contributed by atoms with Gasteiger partial charge < -0.3 is 29.2 Å². The van der Waals surface area contributed by atoms with E-state index in [0.29, 0.717) is 62.4 Å². The van der Waals surface area contributed by atoms with E-state index in [9.17, 15) is 19.8 Å². The first-order valence-corrected chi connectivity index (χ1v) is 22.3. The van der Waals surface area contributed by atoms with Crippen LogP contribution in [-0.4, -0.2) is 67.1 Å². The van der Waals surface area contributed by atoms with Crippen molar-refractivity contribution in [1.29, 1.82) is 0 Å². The second-order valence-electron chi connectivity index (χ2n) is 21.3. The Kier molecular flexibility index (Phi) is 13.8. The molecule has 0 amide bonds. The number of hydrogen-bond donors (Lipinski definition) is 2. The minimum absolute atomic E-state index is 0.0489. The van der Waals surface area contributed by atoms with Crippen LogP contribution in [0.1, 0.15) is 166 Å². The number of aliphatic hydroxyl groups excluding tert-OH is 1. The third kappa shape index (κ3) is 8.65. The van der Waals surface area contributed by atoms with Crippen LogP contribution >= 0.6 is 0 Å². The number of hydrogen-bond acceptors (Lipinski definition) is 7. The highest BCUT2D eigenvalue weighted by atomic mass is 16.6. The smallest absolute Gasteiger partial charge is 0.306 e. The summed E-state index contributed by atoms with van der Waals surface area (Å²) in [6.07, 6.45) is 13.0. The molecule has 5 aliphatic carbocycles. The van der Waals surface area contributed by atoms with Gasteiger partial charge in [0.1, 0.15) is 12.2 Å². The predicted octanol–water partition coefficient (Wildman–Crippen LogP) is 10.4. The van der Waals surface area contributed by atoms with Gasteiger partial charge in [0.05, 0.1) is 26.1 Å². The Labute approximate surface area is 334 Å². The Hall–Kier alpha value is -1.48. The van der Waals surface area contributed by atoms with Crippen LogP contribution in [0, 0.1) is 62.1 Å². The summed E-state index contributed by atoms with van der Waals surface area (Å²) in [6, 6.07) is 0. The maximum Gasteiger partial charge on any atom is 0.306 e. The second-order valence-corrected chi connectivity index (χ2v) is 21.3. The number of allylic oxidation sites excluding steroid dienone is 1. The fraction of sp³-hybridized carbons (Fsp3) is 0.915. The lowest BCUT2D eigenvalue weighted by molar-refractivity contribution is -0.251. The van der Waals surface area contributed by atoms with Crippen molar-refractivity contribution in [2.45, 2.75) is 184 Å². The number of carboxylic acid groups (broad SMARTS) is 1. The van der Waals surface area contributed by atoms with Crippen molar-refractivity contribution in [3.63, 3.8) is 0 Å². The molecular weight excluding hydrogens is 693 g/mol. The van der Waals surface area contributed by atoms with E-state index in [2.05, 4.69) is 55.0 Å². The summed E-state index contributed by atoms with van der Waals surface area (Å²) >= 11 is 0. The molecule has 0 saturated heterocycles. The molecule has 8 nitrogen and oxygen atoms in total. The molecule has 12 atom stereocenters. The van der Waals surface area contributed by atoms with E-state index in [4.69, 9.17) is 18.9 Å². The summed E-state index contributed by atoms with van der Waals surface area (Å²) in [5.74, 6) is 1.63. The van der Waals surface area contributed by atoms with Crippen LogP contribution in [0.3, 0.4) is 0 Å². The standard InChI is InChI=1S/C47H80O8/c1-12-26-53-30-32(29-52-13-2)54-39(50)19-23-47-22-16-33(31(3)4)41(47)34-14-15-36-44(9)20-18-37(55-40(51)28-42(5,6)27-38(48)49)43(7,8)35(44)17-21-46(36,11)45(34,10)24-25-47/h32-37,39,41,50H,3,12-30H2,1-2,4-11H3,(H,48,49)/t32?,33-,34+,35-,36+,37-,39?,41+,44-,45+,46+,47-/m0/s1. The number of esters is 1. The molecule has 5 rings (SSSR count). The Bertz CT molecular complexity index is 1360. The molecule has 0 aliphatic heterocycles. The number of rotatable bonds is 18. The zero-order valence-electron chi connectivity index (χ0n) is 36.6. The molecule has 0 bridgehead atoms. The van der Waals surface area contributed by atoms with Crippen LogP contribution < -0.4 is 0 Å². The number of carbonyl (C=O) groups is 2. The normalized spacial score (nSPS) is 39.2. The Morgan fingerprint density at radius 2 is 1.56 bits per heavy atom. The summed E-state index contributed by atoms with van der Waals surface area (Å²) in [5, 5.41) is 20.7. The third-order valence-electron chi connectivity index (χ3n) is 17.1. The molecule has 5 fully saturated rings. The van der Waals surface area contributed by atoms with Crippen molar-refractivity contribution in [3.05, 3.63) is 12.2 Å². The maximum absolute atomic E-state index is 13.3. The number of carbonyl (C=O) groups excluding carboxylic acids is 1. The van der Waals surface area contributed by atoms with Gasteiger partial charge in [-0.05, 0) is 154 Å². The first-order chi connectivity index (χ1) is 25.7. The zero-order valence-corrected chi connectivity index (χ0v) is 36.6. The Morgan fingerprint density at radius 1 is 0.855 bits per heavy atom. The van der Waals surface area contributed by atoms with Gasteiger partial charge in [-0.3, -0.25) is 9.59 Å². The van der Waals surface area contributed by atoms with Crippen LogP contribution in [-0.2, 0) is 28.5 Å². The number of carboxylic acids is 1. The van der Waals surface area contributed by atoms with Gasteiger partial charge in [0, 0.05) is 18.6 Å². The van der Waals surface area contributed by atoms with Crippen LogP contribution in [0.5, 0.6) is 0 Å². The van der Waals surface area contributed by atoms with Gasteiger partial charge >= 0.3 is 11.9 Å². The summed E-state index contributed by atoms with van der Waals surface area (Å²) in [6.45, 7) is 29.4. The summed E-state index contributed by atoms with van der Waals surface area (Å²) in [7, 11) is 0. The van der Waals surface area contributed by atoms with Crippen LogP contribution in [0.4, 0.5) is 0 Å². The van der Waals surface area contributed by atoms with Gasteiger partial charge in [0.15, 0.2) is 6.29 Å². The van der Waals surface area contributed by atoms with Gasteiger partial charge in [-0.15, -0.1) is 0 Å². The molecule has 5 saturated carbocycles. The zero-order chi connectivity index (χ0) is 40.6. The average molecular weight is 773 g/mol. The topological polar surface area (TPSA) is 112 Å². The minimum Gasteiger partial charge on any atom is -0.481 e. The largest absolute Gasteiger partial charge is 0.481 e. The summed E-state index contributed by atoms with van der Waals surface area (Å²) < 4.78 is 24.0. The molecule has 0 radical (unpaired) electrons. The minimum atomic E-state index is -0.883. The molecule has 0 aromatic carbocycles. The van der Waals surface area contributed by atoms with Crippen molar-refractivity contribution in [2.75, 3.05) is 26.4 Å². The predicted molar refractivity (Wildman–Crippen MR) is 217 cm³/mol. The van der Waals surface area contributed by atoms with E-state index in [0.717, 1.165) is 32.1 Å². The molecule has 0 heterocycles. The average Bonchev–Trinajstić information content (AvgIpc) is 3.47. The third-order valence-corrected chi connectivity index (χ3v) is 17.1. The first-order valence-electron chi connectivity index (χ1n) is 22.3. The van der Waals surface area contributed by atoms with Crippen molar-refractivity contribution in [3.8, 4) is 0 Å². The van der Waals surface area contributed by atoms with E-state index in [1.165, 1.54) is 50.5 Å². The van der Waals surface area contributed by atoms with Gasteiger partial charge in [0.2, 0.25) is 0 Å². The molecule has 0 spiro atoms. The summed E-state index contributed by atoms with van der Waals surface area (Å²) in [5.41, 5.74) is 1.32. The molecule has 2 N–H and O–H groups in total. The molecule has 5 aliphatic rings. The van der Waals surface area contributed by atoms with E-state index < -0.39 is 17.7 Å². The van der Waals surface area contributed by atoms with Crippen LogP contribution in [0.25, 0.3) is 0 Å². The van der Waals surface area contributed by atoms with E-state index in [1.807, 2.05) is 20.8 Å². The maximum atomic E-state index is 13.3. The quantitative estimate of drug-likeness (QED) is 0.0613. The van der Waals surface area contributed by atoms with Crippen molar-refractivity contribution in [2.24, 2.45) is 62.1 Å². The van der Waals surface area contributed by atoms with Gasteiger partial charge in [-0.2, -0.15) is 0 Å². The van der Waals surface area contributed by atoms with Gasteiger partial charge in [0.25, 0.3) is 0 Å². The van der Waals surface area contributed by atoms with Crippen LogP contribution in [0.15, 0.2) is 12.2 Å². The highest BCUT2D eigenvalue weighted by molar-refractivity contribution is 5.73. The molecular formula is C47H80O8. The number of fused-ring (bicyclic) bond motifs is 7. The van der Waals surface area contributed by atoms with Gasteiger partial charge in [-0.25, -0.2) is 0 Å². The lowest BCUT2D eigenvalue weighted by atomic mass is 9.32. The number of aliphatic hydroxyl groups is 1. The molecule has 0 aromatic rings. The van der Waals surface area contributed by atoms with Crippen LogP contribution in [0.2, 0.25) is 0 Å². The lowest BCUT2D eigenvalue weighted by Gasteiger charge is -2.73. The van der Waals surface area contributed by atoms with Crippen molar-refractivity contribution < 1.29 is 38.7 Å². The Balaban J connectivity index is 1.32. The van der Waals surface area contributed by atoms with E-state index in [-0.39, 0.29) is 58.1 Å². The highest BCUT2D eigenvalue weighted by Gasteiger charge is 2.71. The SMILES string of the molecule is C=C(C)[C@@H]1CC[C@]2(CCC(O)OC(COCC)COCCC)CC[C@]3(C)[C@H](CC[C@@H]4[C@@]5(C)CC[C@H](OC(=O)CC(C)(C)CC(=O)O)C(C)(C)[C@@H]5CC[C@]43C)[C@@H]12. The first kappa shape index (κ1) is 44.6. The number of ether oxygens (including phenoxy) is 4. The molecule has 8 heteroatoms. The van der Waals surface area contributed by atoms with E-state index >= 15 is 0 Å². The molecule has 2 unspecified atom stereocenters. The second kappa shape index (κ2) is 17.0. The fourth-order valence-corrected chi connectivity index (χ4v) is 14.4. The van der Waals surface area contributed by atoms with Crippen molar-refractivity contribution in [1.82, 2.24) is 0 Å². The van der Waals surface area contributed by atoms with Gasteiger partial charge in [-0.1, -0.05) is 67.5 Å². The lowest BCUT2D eigenvalue weighted by Crippen LogP contribution is -2.66. The molecule has 55 heavy (non-hydrogen) atoms. The summed E-state index contributed by atoms with van der Waals surface area (Å²) in [4.78, 5) is 24.7. The Morgan fingerprint density at radius 3 is 2.22 bits per heavy atom. The van der Waals surface area contributed by atoms with Crippen molar-refractivity contribution >= 4 is 11.9 Å². The van der Waals surface area contributed by atoms with E-state index in [1.54, 1.807) is 0 Å².